The van der Waals surface area contributed by atoms with Gasteiger partial charge in [0.05, 0.1) is 7.05 Å². The van der Waals surface area contributed by atoms with Gasteiger partial charge in [-0.25, -0.2) is 0 Å². The third kappa shape index (κ3) is 5.42. The molecule has 3 amide bonds. The quantitative estimate of drug-likeness (QED) is 0.649. The van der Waals surface area contributed by atoms with Gasteiger partial charge in [0.15, 0.2) is 6.54 Å². The summed E-state index contributed by atoms with van der Waals surface area (Å²) in [5.74, 6) is -0.0402. The molecule has 3 rings (SSSR count). The maximum absolute atomic E-state index is 12.3. The standard InChI is InChI=1S/C22H26N4O3/c1-23-22(29)17-7-5-16(6-8-17)14-25(2)15-20(27)24-18-9-11-19(12-10-18)26-13-3-4-21(26)28/h5-12H,3-4,13-15H2,1-2H3,(H,23,29)(H,24,27)/p+1. The molecular weight excluding hydrogens is 368 g/mol. The van der Waals surface area contributed by atoms with E-state index in [4.69, 9.17) is 0 Å². The van der Waals surface area contributed by atoms with Crippen molar-refractivity contribution in [3.63, 3.8) is 0 Å². The highest BCUT2D eigenvalue weighted by atomic mass is 16.2. The van der Waals surface area contributed by atoms with Gasteiger partial charge < -0.3 is 20.4 Å². The Kier molecular flexibility index (Phi) is 6.61. The maximum Gasteiger partial charge on any atom is 0.279 e. The van der Waals surface area contributed by atoms with Gasteiger partial charge in [0.25, 0.3) is 11.8 Å². The lowest BCUT2D eigenvalue weighted by molar-refractivity contribution is -0.885. The number of rotatable bonds is 7. The van der Waals surface area contributed by atoms with E-state index in [0.717, 1.165) is 29.1 Å². The van der Waals surface area contributed by atoms with Crippen LogP contribution in [0.15, 0.2) is 48.5 Å². The molecule has 0 bridgehead atoms. The van der Waals surface area contributed by atoms with Gasteiger partial charge in [-0.3, -0.25) is 14.4 Å². The summed E-state index contributed by atoms with van der Waals surface area (Å²) in [5, 5.41) is 5.50. The van der Waals surface area contributed by atoms with Gasteiger partial charge in [-0.15, -0.1) is 0 Å². The number of nitrogens with zero attached hydrogens (tertiary/aromatic N) is 1. The summed E-state index contributed by atoms with van der Waals surface area (Å²) in [6, 6.07) is 14.8. The third-order valence-electron chi connectivity index (χ3n) is 4.95. The van der Waals surface area contributed by atoms with Crippen molar-refractivity contribution in [3.05, 3.63) is 59.7 Å². The third-order valence-corrected chi connectivity index (χ3v) is 4.95. The van der Waals surface area contributed by atoms with E-state index in [2.05, 4.69) is 10.6 Å². The minimum atomic E-state index is -0.114. The fourth-order valence-electron chi connectivity index (χ4n) is 3.45. The summed E-state index contributed by atoms with van der Waals surface area (Å²) in [4.78, 5) is 38.6. The molecule has 7 heteroatoms. The largest absolute Gasteiger partial charge is 0.355 e. The van der Waals surface area contributed by atoms with Crippen LogP contribution in [0.5, 0.6) is 0 Å². The van der Waals surface area contributed by atoms with E-state index in [-0.39, 0.29) is 17.7 Å². The summed E-state index contributed by atoms with van der Waals surface area (Å²) in [6.45, 7) is 1.75. The maximum atomic E-state index is 12.3. The van der Waals surface area contributed by atoms with E-state index >= 15 is 0 Å². The molecule has 1 saturated heterocycles. The monoisotopic (exact) mass is 395 g/mol. The highest BCUT2D eigenvalue weighted by Crippen LogP contribution is 2.22. The molecule has 1 fully saturated rings. The lowest BCUT2D eigenvalue weighted by atomic mass is 10.1. The first-order valence-corrected chi connectivity index (χ1v) is 9.79. The predicted molar refractivity (Wildman–Crippen MR) is 112 cm³/mol. The zero-order chi connectivity index (χ0) is 20.8. The predicted octanol–water partition coefficient (Wildman–Crippen LogP) is 0.826. The molecule has 0 aromatic heterocycles. The normalized spacial score (nSPS) is 14.6. The Hall–Kier alpha value is -3.19. The number of carbonyl (C=O) groups is 3. The van der Waals surface area contributed by atoms with Gasteiger partial charge >= 0.3 is 0 Å². The van der Waals surface area contributed by atoms with E-state index in [9.17, 15) is 14.4 Å². The number of likely N-dealkylation sites (N-methyl/N-ethyl adjacent to an activating group) is 1. The molecule has 1 atom stereocenters. The number of hydrogen-bond acceptors (Lipinski definition) is 3. The zero-order valence-corrected chi connectivity index (χ0v) is 16.8. The molecule has 152 valence electrons. The highest BCUT2D eigenvalue weighted by molar-refractivity contribution is 5.96. The Labute approximate surface area is 170 Å². The molecule has 2 aromatic carbocycles. The highest BCUT2D eigenvalue weighted by Gasteiger charge is 2.21. The Morgan fingerprint density at radius 3 is 2.34 bits per heavy atom. The molecule has 3 N–H and O–H groups in total. The molecule has 0 aliphatic carbocycles. The molecule has 0 radical (unpaired) electrons. The van der Waals surface area contributed by atoms with Crippen LogP contribution in [0.4, 0.5) is 11.4 Å². The van der Waals surface area contributed by atoms with Gasteiger partial charge in [-0.2, -0.15) is 0 Å². The fourth-order valence-corrected chi connectivity index (χ4v) is 3.45. The van der Waals surface area contributed by atoms with Crippen molar-refractivity contribution in [2.45, 2.75) is 19.4 Å². The van der Waals surface area contributed by atoms with Gasteiger partial charge in [-0.1, -0.05) is 12.1 Å². The first kappa shape index (κ1) is 20.5. The van der Waals surface area contributed by atoms with Crippen LogP contribution < -0.4 is 20.4 Å². The molecule has 1 aliphatic heterocycles. The minimum absolute atomic E-state index is 0.0746. The number of quaternary nitrogens is 1. The summed E-state index contributed by atoms with van der Waals surface area (Å²) in [7, 11) is 3.56. The second-order valence-corrected chi connectivity index (χ2v) is 7.33. The smallest absolute Gasteiger partial charge is 0.279 e. The molecule has 29 heavy (non-hydrogen) atoms. The van der Waals surface area contributed by atoms with Crippen LogP contribution in [0, 0.1) is 0 Å². The summed E-state index contributed by atoms with van der Waals surface area (Å²) in [6.07, 6.45) is 1.49. The van der Waals surface area contributed by atoms with Crippen LogP contribution in [0.1, 0.15) is 28.8 Å². The first-order chi connectivity index (χ1) is 14.0. The van der Waals surface area contributed by atoms with Crippen LogP contribution in [0.2, 0.25) is 0 Å². The Morgan fingerprint density at radius 1 is 1.07 bits per heavy atom. The van der Waals surface area contributed by atoms with Gasteiger partial charge in [0, 0.05) is 42.5 Å². The summed E-state index contributed by atoms with van der Waals surface area (Å²) in [5.41, 5.74) is 3.26. The van der Waals surface area contributed by atoms with Crippen LogP contribution in [0.3, 0.4) is 0 Å². The first-order valence-electron chi connectivity index (χ1n) is 9.79. The second-order valence-electron chi connectivity index (χ2n) is 7.33. The van der Waals surface area contributed by atoms with Gasteiger partial charge in [0.2, 0.25) is 5.91 Å². The van der Waals surface area contributed by atoms with Crippen LogP contribution >= 0.6 is 0 Å². The van der Waals surface area contributed by atoms with Crippen LogP contribution in [0.25, 0.3) is 0 Å². The summed E-state index contributed by atoms with van der Waals surface area (Å²) >= 11 is 0. The van der Waals surface area contributed by atoms with E-state index in [1.807, 2.05) is 43.4 Å². The van der Waals surface area contributed by atoms with Crippen molar-refractivity contribution in [2.24, 2.45) is 0 Å². The molecule has 2 aromatic rings. The fraction of sp³-hybridized carbons (Fsp3) is 0.318. The van der Waals surface area contributed by atoms with Gasteiger partial charge in [-0.05, 0) is 42.8 Å². The molecular formula is C22H27N4O3+. The van der Waals surface area contributed by atoms with Crippen molar-refractivity contribution in [1.29, 1.82) is 0 Å². The SMILES string of the molecule is CNC(=O)c1ccc(C[NH+](C)CC(=O)Nc2ccc(N3CCCC3=O)cc2)cc1. The van der Waals surface area contributed by atoms with Crippen molar-refractivity contribution in [3.8, 4) is 0 Å². The lowest BCUT2D eigenvalue weighted by Gasteiger charge is -2.17. The average molecular weight is 395 g/mol. The van der Waals surface area contributed by atoms with Crippen molar-refractivity contribution in [1.82, 2.24) is 5.32 Å². The molecule has 1 aliphatic rings. The number of carbonyl (C=O) groups excluding carboxylic acids is 3. The number of hydrogen-bond donors (Lipinski definition) is 3. The lowest BCUT2D eigenvalue weighted by Crippen LogP contribution is -3.08. The van der Waals surface area contributed by atoms with Crippen LogP contribution in [-0.2, 0) is 16.1 Å². The molecule has 1 heterocycles. The molecule has 0 saturated carbocycles. The molecule has 7 nitrogen and oxygen atoms in total. The molecule has 0 spiro atoms. The van der Waals surface area contributed by atoms with Gasteiger partial charge in [0.1, 0.15) is 6.54 Å². The Bertz CT molecular complexity index is 878. The zero-order valence-electron chi connectivity index (χ0n) is 16.8. The second kappa shape index (κ2) is 9.34. The van der Waals surface area contributed by atoms with Crippen molar-refractivity contribution in [2.75, 3.05) is 37.4 Å². The Balaban J connectivity index is 1.49. The van der Waals surface area contributed by atoms with E-state index in [1.165, 1.54) is 0 Å². The Morgan fingerprint density at radius 2 is 1.76 bits per heavy atom. The number of nitrogens with one attached hydrogen (secondary N) is 3. The van der Waals surface area contributed by atoms with Crippen LogP contribution in [-0.4, -0.2) is 44.9 Å². The number of benzene rings is 2. The number of anilines is 2. The average Bonchev–Trinajstić information content (AvgIpc) is 3.14. The number of amides is 3. The van der Waals surface area contributed by atoms with E-state index in [0.29, 0.717) is 30.8 Å². The molecule has 1 unspecified atom stereocenters. The van der Waals surface area contributed by atoms with Crippen molar-refractivity contribution >= 4 is 29.1 Å². The summed E-state index contributed by atoms with van der Waals surface area (Å²) < 4.78 is 0. The van der Waals surface area contributed by atoms with E-state index in [1.54, 1.807) is 24.1 Å². The topological polar surface area (TPSA) is 82.9 Å². The van der Waals surface area contributed by atoms with Crippen molar-refractivity contribution < 1.29 is 19.3 Å². The minimum Gasteiger partial charge on any atom is -0.355 e. The van der Waals surface area contributed by atoms with E-state index < -0.39 is 0 Å².